The van der Waals surface area contributed by atoms with Crippen LogP contribution < -0.4 is 0 Å². The van der Waals surface area contributed by atoms with E-state index in [2.05, 4.69) is 39.0 Å². The first-order chi connectivity index (χ1) is 8.11. The van der Waals surface area contributed by atoms with E-state index in [0.717, 1.165) is 17.5 Å². The van der Waals surface area contributed by atoms with Crippen LogP contribution in [0.2, 0.25) is 0 Å². The van der Waals surface area contributed by atoms with Crippen LogP contribution in [0.4, 0.5) is 0 Å². The standard InChI is InChI=1S/C15H18OS/c1-4-12-5-7-13(8-6-12)15(16)14-9-10(2)17-11(14)3/h5-9,15-16H,4H2,1-3H3. The van der Waals surface area contributed by atoms with E-state index in [1.54, 1.807) is 11.3 Å². The fourth-order valence-corrected chi connectivity index (χ4v) is 2.99. The van der Waals surface area contributed by atoms with Gasteiger partial charge < -0.3 is 5.11 Å². The van der Waals surface area contributed by atoms with Gasteiger partial charge in [0.1, 0.15) is 6.10 Å². The van der Waals surface area contributed by atoms with E-state index in [4.69, 9.17) is 0 Å². The quantitative estimate of drug-likeness (QED) is 0.867. The maximum atomic E-state index is 10.4. The molecule has 1 aromatic carbocycles. The molecule has 0 aliphatic carbocycles. The van der Waals surface area contributed by atoms with Crippen LogP contribution in [0, 0.1) is 13.8 Å². The molecule has 1 aromatic heterocycles. The van der Waals surface area contributed by atoms with Crippen molar-refractivity contribution < 1.29 is 5.11 Å². The number of benzene rings is 1. The Balaban J connectivity index is 2.30. The smallest absolute Gasteiger partial charge is 0.105 e. The van der Waals surface area contributed by atoms with Gasteiger partial charge in [0.2, 0.25) is 0 Å². The summed E-state index contributed by atoms with van der Waals surface area (Å²) < 4.78 is 0. The largest absolute Gasteiger partial charge is 0.384 e. The molecule has 0 radical (unpaired) electrons. The zero-order chi connectivity index (χ0) is 12.4. The lowest BCUT2D eigenvalue weighted by Crippen LogP contribution is -1.99. The first-order valence-corrected chi connectivity index (χ1v) is 6.77. The Kier molecular flexibility index (Phi) is 3.65. The van der Waals surface area contributed by atoms with Crippen LogP contribution in [0.3, 0.4) is 0 Å². The number of hydrogen-bond acceptors (Lipinski definition) is 2. The molecule has 2 heteroatoms. The molecule has 0 bridgehead atoms. The summed E-state index contributed by atoms with van der Waals surface area (Å²) in [5.41, 5.74) is 3.32. The molecule has 2 aromatic rings. The summed E-state index contributed by atoms with van der Waals surface area (Å²) in [7, 11) is 0. The molecule has 1 N–H and O–H groups in total. The second-order valence-corrected chi connectivity index (χ2v) is 5.83. The van der Waals surface area contributed by atoms with Crippen molar-refractivity contribution in [2.24, 2.45) is 0 Å². The van der Waals surface area contributed by atoms with E-state index in [1.807, 2.05) is 12.1 Å². The van der Waals surface area contributed by atoms with E-state index in [1.165, 1.54) is 15.3 Å². The average molecular weight is 246 g/mol. The minimum Gasteiger partial charge on any atom is -0.384 e. The van der Waals surface area contributed by atoms with Crippen molar-refractivity contribution in [3.8, 4) is 0 Å². The average Bonchev–Trinajstić information content (AvgIpc) is 2.68. The van der Waals surface area contributed by atoms with Gasteiger partial charge in [-0.25, -0.2) is 0 Å². The van der Waals surface area contributed by atoms with Crippen molar-refractivity contribution in [3.05, 3.63) is 56.8 Å². The Morgan fingerprint density at radius 2 is 1.82 bits per heavy atom. The fraction of sp³-hybridized carbons (Fsp3) is 0.333. The van der Waals surface area contributed by atoms with Gasteiger partial charge in [0.25, 0.3) is 0 Å². The molecule has 1 nitrogen and oxygen atoms in total. The topological polar surface area (TPSA) is 20.2 Å². The zero-order valence-electron chi connectivity index (χ0n) is 10.5. The number of aryl methyl sites for hydroxylation is 3. The first-order valence-electron chi connectivity index (χ1n) is 5.95. The third kappa shape index (κ3) is 2.59. The molecule has 0 aliphatic rings. The lowest BCUT2D eigenvalue weighted by molar-refractivity contribution is 0.220. The predicted octanol–water partition coefficient (Wildman–Crippen LogP) is 4.01. The van der Waals surface area contributed by atoms with Gasteiger partial charge in [0, 0.05) is 9.75 Å². The Labute approximate surface area is 107 Å². The summed E-state index contributed by atoms with van der Waals surface area (Å²) in [4.78, 5) is 2.45. The summed E-state index contributed by atoms with van der Waals surface area (Å²) in [6.45, 7) is 6.28. The van der Waals surface area contributed by atoms with Crippen molar-refractivity contribution in [2.75, 3.05) is 0 Å². The summed E-state index contributed by atoms with van der Waals surface area (Å²) in [6, 6.07) is 10.3. The SMILES string of the molecule is CCc1ccc(C(O)c2cc(C)sc2C)cc1. The minimum atomic E-state index is -0.495. The Hall–Kier alpha value is -1.12. The molecule has 90 valence electrons. The Morgan fingerprint density at radius 1 is 1.18 bits per heavy atom. The van der Waals surface area contributed by atoms with E-state index >= 15 is 0 Å². The molecule has 0 aliphatic heterocycles. The molecule has 0 spiro atoms. The molecule has 0 amide bonds. The van der Waals surface area contributed by atoms with Gasteiger partial charge in [-0.1, -0.05) is 31.2 Å². The van der Waals surface area contributed by atoms with Crippen LogP contribution in [-0.2, 0) is 6.42 Å². The van der Waals surface area contributed by atoms with Crippen LogP contribution in [0.25, 0.3) is 0 Å². The van der Waals surface area contributed by atoms with Crippen molar-refractivity contribution in [2.45, 2.75) is 33.3 Å². The highest BCUT2D eigenvalue weighted by Gasteiger charge is 2.14. The highest BCUT2D eigenvalue weighted by Crippen LogP contribution is 2.30. The predicted molar refractivity (Wildman–Crippen MR) is 73.7 cm³/mol. The third-order valence-corrected chi connectivity index (χ3v) is 4.06. The summed E-state index contributed by atoms with van der Waals surface area (Å²) in [5, 5.41) is 10.4. The van der Waals surface area contributed by atoms with Crippen molar-refractivity contribution in [1.82, 2.24) is 0 Å². The molecular formula is C15H18OS. The third-order valence-electron chi connectivity index (χ3n) is 3.08. The van der Waals surface area contributed by atoms with Crippen LogP contribution in [0.15, 0.2) is 30.3 Å². The highest BCUT2D eigenvalue weighted by atomic mass is 32.1. The zero-order valence-corrected chi connectivity index (χ0v) is 11.3. The van der Waals surface area contributed by atoms with Gasteiger partial charge in [-0.3, -0.25) is 0 Å². The molecule has 1 atom stereocenters. The molecular weight excluding hydrogens is 228 g/mol. The summed E-state index contributed by atoms with van der Waals surface area (Å²) >= 11 is 1.74. The maximum absolute atomic E-state index is 10.4. The molecule has 1 heterocycles. The van der Waals surface area contributed by atoms with Gasteiger partial charge in [0.05, 0.1) is 0 Å². The normalized spacial score (nSPS) is 12.7. The Morgan fingerprint density at radius 3 is 2.29 bits per heavy atom. The van der Waals surface area contributed by atoms with Gasteiger partial charge in [-0.05, 0) is 43.0 Å². The molecule has 17 heavy (non-hydrogen) atoms. The van der Waals surface area contributed by atoms with Crippen molar-refractivity contribution in [3.63, 3.8) is 0 Å². The van der Waals surface area contributed by atoms with Gasteiger partial charge >= 0.3 is 0 Å². The second kappa shape index (κ2) is 5.03. The second-order valence-electron chi connectivity index (χ2n) is 4.37. The molecule has 1 unspecified atom stereocenters. The van der Waals surface area contributed by atoms with E-state index in [9.17, 15) is 5.11 Å². The van der Waals surface area contributed by atoms with Crippen LogP contribution in [0.1, 0.15) is 39.5 Å². The molecule has 2 rings (SSSR count). The van der Waals surface area contributed by atoms with Gasteiger partial charge in [0.15, 0.2) is 0 Å². The summed E-state index contributed by atoms with van der Waals surface area (Å²) in [6.07, 6.45) is 0.540. The number of aliphatic hydroxyl groups is 1. The molecule has 0 saturated heterocycles. The number of thiophene rings is 1. The molecule has 0 saturated carbocycles. The lowest BCUT2D eigenvalue weighted by Gasteiger charge is -2.11. The van der Waals surface area contributed by atoms with Crippen molar-refractivity contribution in [1.29, 1.82) is 0 Å². The summed E-state index contributed by atoms with van der Waals surface area (Å²) in [5.74, 6) is 0. The fourth-order valence-electron chi connectivity index (χ4n) is 2.04. The van der Waals surface area contributed by atoms with Crippen LogP contribution in [-0.4, -0.2) is 5.11 Å². The monoisotopic (exact) mass is 246 g/mol. The minimum absolute atomic E-state index is 0.495. The highest BCUT2D eigenvalue weighted by molar-refractivity contribution is 7.12. The number of rotatable bonds is 3. The first kappa shape index (κ1) is 12.3. The number of aliphatic hydroxyl groups excluding tert-OH is 1. The van der Waals surface area contributed by atoms with Gasteiger partial charge in [-0.2, -0.15) is 0 Å². The number of hydrogen-bond donors (Lipinski definition) is 1. The van der Waals surface area contributed by atoms with E-state index in [-0.39, 0.29) is 0 Å². The van der Waals surface area contributed by atoms with E-state index < -0.39 is 6.10 Å². The maximum Gasteiger partial charge on any atom is 0.105 e. The van der Waals surface area contributed by atoms with Gasteiger partial charge in [-0.15, -0.1) is 11.3 Å². The lowest BCUT2D eigenvalue weighted by atomic mass is 10.0. The van der Waals surface area contributed by atoms with Crippen LogP contribution in [0.5, 0.6) is 0 Å². The van der Waals surface area contributed by atoms with Crippen molar-refractivity contribution >= 4 is 11.3 Å². The Bertz CT molecular complexity index is 496. The van der Waals surface area contributed by atoms with Crippen LogP contribution >= 0.6 is 11.3 Å². The van der Waals surface area contributed by atoms with E-state index in [0.29, 0.717) is 0 Å². The molecule has 0 fully saturated rings.